The van der Waals surface area contributed by atoms with Crippen molar-refractivity contribution in [3.05, 3.63) is 99.5 Å². The van der Waals surface area contributed by atoms with E-state index < -0.39 is 11.7 Å². The lowest BCUT2D eigenvalue weighted by molar-refractivity contribution is -0.137. The lowest BCUT2D eigenvalue weighted by Gasteiger charge is -2.15. The summed E-state index contributed by atoms with van der Waals surface area (Å²) < 4.78 is 45.2. The molecule has 3 aromatic rings. The van der Waals surface area contributed by atoms with Gasteiger partial charge in [-0.1, -0.05) is 42.5 Å². The molecule has 0 aliphatic carbocycles. The number of carbonyl (C=O) groups excluding carboxylic acids is 1. The second-order valence-corrected chi connectivity index (χ2v) is 6.49. The molecule has 7 heteroatoms. The van der Waals surface area contributed by atoms with Gasteiger partial charge in [0.1, 0.15) is 6.61 Å². The number of pyridine rings is 1. The normalized spacial score (nSPS) is 11.3. The minimum atomic E-state index is -4.46. The predicted octanol–water partition coefficient (Wildman–Crippen LogP) is 4.64. The van der Waals surface area contributed by atoms with Gasteiger partial charge in [0.2, 0.25) is 5.43 Å². The highest BCUT2D eigenvalue weighted by molar-refractivity contribution is 5.96. The summed E-state index contributed by atoms with van der Waals surface area (Å²) in [6.07, 6.45) is -2.99. The van der Waals surface area contributed by atoms with Gasteiger partial charge >= 0.3 is 6.18 Å². The third kappa shape index (κ3) is 4.93. The van der Waals surface area contributed by atoms with Gasteiger partial charge in [-0.25, -0.2) is 0 Å². The SMILES string of the molecule is Cc1c(OCc2ccccc2)c(=O)ccn1CC(=O)c1ccc(C(F)(F)F)cc1. The number of hydrogen-bond donors (Lipinski definition) is 0. The molecule has 0 aliphatic heterocycles. The molecule has 2 aromatic carbocycles. The molecule has 0 fully saturated rings. The maximum absolute atomic E-state index is 12.7. The molecule has 0 aliphatic rings. The summed E-state index contributed by atoms with van der Waals surface area (Å²) in [5.41, 5.74) is 0.390. The van der Waals surface area contributed by atoms with E-state index >= 15 is 0 Å². The molecule has 0 atom stereocenters. The Hall–Kier alpha value is -3.35. The van der Waals surface area contributed by atoms with Gasteiger partial charge in [0.05, 0.1) is 17.8 Å². The van der Waals surface area contributed by atoms with Crippen LogP contribution in [0, 0.1) is 6.92 Å². The first kappa shape index (κ1) is 20.4. The summed E-state index contributed by atoms with van der Waals surface area (Å²) in [7, 11) is 0. The van der Waals surface area contributed by atoms with Gasteiger partial charge in [-0.15, -0.1) is 0 Å². The highest BCUT2D eigenvalue weighted by Gasteiger charge is 2.30. The van der Waals surface area contributed by atoms with Gasteiger partial charge in [0.25, 0.3) is 0 Å². The first-order valence-electron chi connectivity index (χ1n) is 8.83. The molecular weight excluding hydrogens is 383 g/mol. The van der Waals surface area contributed by atoms with E-state index in [4.69, 9.17) is 4.74 Å². The Balaban J connectivity index is 1.77. The Morgan fingerprint density at radius 2 is 1.66 bits per heavy atom. The van der Waals surface area contributed by atoms with Crippen LogP contribution in [0.3, 0.4) is 0 Å². The van der Waals surface area contributed by atoms with Crippen LogP contribution < -0.4 is 10.2 Å². The summed E-state index contributed by atoms with van der Waals surface area (Å²) in [6.45, 7) is 1.73. The first-order chi connectivity index (χ1) is 13.8. The average Bonchev–Trinajstić information content (AvgIpc) is 2.70. The van der Waals surface area contributed by atoms with Crippen molar-refractivity contribution in [1.82, 2.24) is 4.57 Å². The lowest BCUT2D eigenvalue weighted by atomic mass is 10.1. The van der Waals surface area contributed by atoms with Gasteiger partial charge < -0.3 is 9.30 Å². The van der Waals surface area contributed by atoms with E-state index in [-0.39, 0.29) is 35.7 Å². The van der Waals surface area contributed by atoms with Crippen LogP contribution in [0.25, 0.3) is 0 Å². The fraction of sp³-hybridized carbons (Fsp3) is 0.182. The second kappa shape index (κ2) is 8.34. The van der Waals surface area contributed by atoms with Crippen molar-refractivity contribution in [3.8, 4) is 5.75 Å². The van der Waals surface area contributed by atoms with Gasteiger partial charge in [0.15, 0.2) is 11.5 Å². The van der Waals surface area contributed by atoms with Crippen molar-refractivity contribution < 1.29 is 22.7 Å². The van der Waals surface area contributed by atoms with Crippen LogP contribution in [0.2, 0.25) is 0 Å². The Labute approximate surface area is 165 Å². The molecular formula is C22H18F3NO3. The third-order valence-electron chi connectivity index (χ3n) is 4.46. The molecule has 0 radical (unpaired) electrons. The maximum atomic E-state index is 12.7. The summed E-state index contributed by atoms with van der Waals surface area (Å²) in [4.78, 5) is 24.7. The standard InChI is InChI=1S/C22H18F3NO3/c1-15-21(29-14-16-5-3-2-4-6-16)19(27)11-12-26(15)13-20(28)17-7-9-18(10-8-17)22(23,24)25/h2-12H,13-14H2,1H3. The monoisotopic (exact) mass is 401 g/mol. The van der Waals surface area contributed by atoms with E-state index in [0.717, 1.165) is 29.8 Å². The highest BCUT2D eigenvalue weighted by Crippen LogP contribution is 2.29. The molecule has 4 nitrogen and oxygen atoms in total. The van der Waals surface area contributed by atoms with E-state index in [9.17, 15) is 22.8 Å². The highest BCUT2D eigenvalue weighted by atomic mass is 19.4. The van der Waals surface area contributed by atoms with Crippen molar-refractivity contribution in [2.24, 2.45) is 0 Å². The topological polar surface area (TPSA) is 48.3 Å². The van der Waals surface area contributed by atoms with E-state index in [1.807, 2.05) is 30.3 Å². The lowest BCUT2D eigenvalue weighted by Crippen LogP contribution is -2.18. The van der Waals surface area contributed by atoms with E-state index in [1.54, 1.807) is 11.5 Å². The number of ketones is 1. The van der Waals surface area contributed by atoms with Crippen LogP contribution in [0.4, 0.5) is 13.2 Å². The number of Topliss-reactive ketones (excluding diaryl/α,β-unsaturated/α-hetero) is 1. The fourth-order valence-electron chi connectivity index (χ4n) is 2.82. The first-order valence-corrected chi connectivity index (χ1v) is 8.83. The van der Waals surface area contributed by atoms with Crippen molar-refractivity contribution in [2.45, 2.75) is 26.3 Å². The molecule has 150 valence electrons. The van der Waals surface area contributed by atoms with E-state index in [2.05, 4.69) is 0 Å². The predicted molar refractivity (Wildman–Crippen MR) is 102 cm³/mol. The van der Waals surface area contributed by atoms with Crippen LogP contribution in [0.1, 0.15) is 27.2 Å². The molecule has 1 aromatic heterocycles. The number of carbonyl (C=O) groups is 1. The minimum absolute atomic E-state index is 0.126. The fourth-order valence-corrected chi connectivity index (χ4v) is 2.82. The molecule has 0 bridgehead atoms. The molecule has 3 rings (SSSR count). The van der Waals surface area contributed by atoms with Crippen LogP contribution >= 0.6 is 0 Å². The third-order valence-corrected chi connectivity index (χ3v) is 4.46. The summed E-state index contributed by atoms with van der Waals surface area (Å²) in [5, 5.41) is 0. The Bertz CT molecular complexity index is 1060. The number of benzene rings is 2. The molecule has 0 unspecified atom stereocenters. The average molecular weight is 401 g/mol. The quantitative estimate of drug-likeness (QED) is 0.566. The Kier molecular flexibility index (Phi) is 5.87. The molecule has 0 saturated carbocycles. The summed E-state index contributed by atoms with van der Waals surface area (Å²) in [6, 6.07) is 14.7. The molecule has 0 spiro atoms. The number of rotatable bonds is 6. The van der Waals surface area contributed by atoms with Gasteiger partial charge in [-0.05, 0) is 24.6 Å². The van der Waals surface area contributed by atoms with Crippen LogP contribution in [0.15, 0.2) is 71.7 Å². The summed E-state index contributed by atoms with van der Waals surface area (Å²) >= 11 is 0. The van der Waals surface area contributed by atoms with Crippen molar-refractivity contribution in [1.29, 1.82) is 0 Å². The molecule has 0 amide bonds. The Morgan fingerprint density at radius 1 is 1.00 bits per heavy atom. The van der Waals surface area contributed by atoms with Crippen molar-refractivity contribution in [2.75, 3.05) is 0 Å². The van der Waals surface area contributed by atoms with Gasteiger partial charge in [0, 0.05) is 17.8 Å². The minimum Gasteiger partial charge on any atom is -0.483 e. The number of alkyl halides is 3. The zero-order valence-corrected chi connectivity index (χ0v) is 15.6. The maximum Gasteiger partial charge on any atom is 0.416 e. The summed E-state index contributed by atoms with van der Waals surface area (Å²) in [5.74, 6) is -0.240. The van der Waals surface area contributed by atoms with Gasteiger partial charge in [-0.3, -0.25) is 9.59 Å². The van der Waals surface area contributed by atoms with Crippen molar-refractivity contribution in [3.63, 3.8) is 0 Å². The second-order valence-electron chi connectivity index (χ2n) is 6.49. The number of hydrogen-bond acceptors (Lipinski definition) is 3. The molecule has 0 saturated heterocycles. The van der Waals surface area contributed by atoms with Crippen molar-refractivity contribution >= 4 is 5.78 Å². The molecule has 29 heavy (non-hydrogen) atoms. The smallest absolute Gasteiger partial charge is 0.416 e. The van der Waals surface area contributed by atoms with Gasteiger partial charge in [-0.2, -0.15) is 13.2 Å². The van der Waals surface area contributed by atoms with Crippen LogP contribution in [0.5, 0.6) is 5.75 Å². The molecule has 1 heterocycles. The number of nitrogens with zero attached hydrogens (tertiary/aromatic N) is 1. The zero-order valence-electron chi connectivity index (χ0n) is 15.6. The zero-order chi connectivity index (χ0) is 21.0. The number of halogens is 3. The van der Waals surface area contributed by atoms with E-state index in [1.165, 1.54) is 12.3 Å². The molecule has 0 N–H and O–H groups in total. The van der Waals surface area contributed by atoms with Crippen LogP contribution in [-0.4, -0.2) is 10.4 Å². The number of aromatic nitrogens is 1. The largest absolute Gasteiger partial charge is 0.483 e. The van der Waals surface area contributed by atoms with E-state index in [0.29, 0.717) is 5.69 Å². The van der Waals surface area contributed by atoms with Crippen LogP contribution in [-0.2, 0) is 19.3 Å². The number of ether oxygens (including phenoxy) is 1. The Morgan fingerprint density at radius 3 is 2.28 bits per heavy atom.